The van der Waals surface area contributed by atoms with Gasteiger partial charge in [-0.15, -0.1) is 0 Å². The third-order valence-corrected chi connectivity index (χ3v) is 5.02. The summed E-state index contributed by atoms with van der Waals surface area (Å²) in [6, 6.07) is 13.5. The van der Waals surface area contributed by atoms with Crippen molar-refractivity contribution < 1.29 is 4.74 Å². The van der Waals surface area contributed by atoms with Gasteiger partial charge in [0.05, 0.1) is 18.5 Å². The maximum absolute atomic E-state index is 6.21. The number of ether oxygens (including phenoxy) is 1. The second-order valence-electron chi connectivity index (χ2n) is 6.33. The summed E-state index contributed by atoms with van der Waals surface area (Å²) in [5, 5.41) is 9.63. The average molecular weight is 388 g/mol. The number of nitrogens with zero attached hydrogens (tertiary/aromatic N) is 2. The van der Waals surface area contributed by atoms with Crippen LogP contribution in [-0.2, 0) is 6.42 Å². The highest BCUT2D eigenvalue weighted by Crippen LogP contribution is 2.35. The number of hydrogen-bond donors (Lipinski definition) is 1. The normalized spacial score (nSPS) is 13.7. The van der Waals surface area contributed by atoms with Crippen molar-refractivity contribution >= 4 is 29.0 Å². The van der Waals surface area contributed by atoms with Gasteiger partial charge in [0.2, 0.25) is 0 Å². The highest BCUT2D eigenvalue weighted by atomic mass is 35.5. The zero-order valence-corrected chi connectivity index (χ0v) is 15.9. The van der Waals surface area contributed by atoms with Crippen LogP contribution in [0.1, 0.15) is 18.4 Å². The van der Waals surface area contributed by atoms with Crippen molar-refractivity contribution in [1.82, 2.24) is 9.78 Å². The molecule has 0 saturated heterocycles. The third kappa shape index (κ3) is 3.27. The fourth-order valence-electron chi connectivity index (χ4n) is 3.33. The van der Waals surface area contributed by atoms with Crippen molar-refractivity contribution in [3.63, 3.8) is 0 Å². The summed E-state index contributed by atoms with van der Waals surface area (Å²) in [5.74, 6) is 1.85. The van der Waals surface area contributed by atoms with Gasteiger partial charge in [-0.25, -0.2) is 4.68 Å². The Kier molecular flexibility index (Phi) is 4.79. The van der Waals surface area contributed by atoms with Crippen LogP contribution in [0.5, 0.6) is 5.75 Å². The van der Waals surface area contributed by atoms with Crippen LogP contribution in [0.25, 0.3) is 16.9 Å². The maximum atomic E-state index is 6.21. The van der Waals surface area contributed by atoms with Crippen LogP contribution in [0.2, 0.25) is 10.0 Å². The van der Waals surface area contributed by atoms with Gasteiger partial charge in [-0.1, -0.05) is 23.2 Å². The second-order valence-corrected chi connectivity index (χ2v) is 7.20. The first-order chi connectivity index (χ1) is 12.7. The van der Waals surface area contributed by atoms with Crippen LogP contribution >= 0.6 is 23.2 Å². The minimum absolute atomic E-state index is 0.594. The van der Waals surface area contributed by atoms with E-state index in [1.165, 1.54) is 5.56 Å². The lowest BCUT2D eigenvalue weighted by Crippen LogP contribution is -2.07. The molecule has 1 aliphatic heterocycles. The molecular weight excluding hydrogens is 369 g/mol. The molecule has 0 spiro atoms. The average Bonchev–Trinajstić information content (AvgIpc) is 2.82. The predicted octanol–water partition coefficient (Wildman–Crippen LogP) is 5.60. The molecule has 0 bridgehead atoms. The number of benzene rings is 2. The van der Waals surface area contributed by atoms with Gasteiger partial charge in [0.1, 0.15) is 11.6 Å². The van der Waals surface area contributed by atoms with Crippen LogP contribution < -0.4 is 10.1 Å². The Hall–Kier alpha value is -2.17. The van der Waals surface area contributed by atoms with Crippen molar-refractivity contribution in [3.05, 3.63) is 58.1 Å². The molecule has 0 unspecified atom stereocenters. The van der Waals surface area contributed by atoms with E-state index >= 15 is 0 Å². The van der Waals surface area contributed by atoms with E-state index in [0.29, 0.717) is 10.0 Å². The quantitative estimate of drug-likeness (QED) is 0.635. The van der Waals surface area contributed by atoms with Gasteiger partial charge < -0.3 is 10.1 Å². The topological polar surface area (TPSA) is 39.1 Å². The molecule has 2 aromatic carbocycles. The van der Waals surface area contributed by atoms with Crippen molar-refractivity contribution in [2.45, 2.75) is 19.3 Å². The summed E-state index contributed by atoms with van der Waals surface area (Å²) >= 11 is 12.4. The Labute approximate surface area is 162 Å². The molecule has 1 aromatic heterocycles. The van der Waals surface area contributed by atoms with E-state index in [1.54, 1.807) is 13.2 Å². The van der Waals surface area contributed by atoms with E-state index in [1.807, 2.05) is 41.1 Å². The van der Waals surface area contributed by atoms with Crippen LogP contribution in [0.3, 0.4) is 0 Å². The number of halogens is 2. The number of aromatic nitrogens is 2. The Morgan fingerprint density at radius 2 is 1.77 bits per heavy atom. The molecule has 0 radical (unpaired) electrons. The lowest BCUT2D eigenvalue weighted by Gasteiger charge is -2.10. The summed E-state index contributed by atoms with van der Waals surface area (Å²) < 4.78 is 7.19. The summed E-state index contributed by atoms with van der Waals surface area (Å²) in [6.07, 6.45) is 3.25. The molecule has 1 aliphatic rings. The number of hydrogen-bond acceptors (Lipinski definition) is 3. The van der Waals surface area contributed by atoms with Gasteiger partial charge >= 0.3 is 0 Å². The van der Waals surface area contributed by atoms with Crippen molar-refractivity contribution in [2.24, 2.45) is 0 Å². The zero-order chi connectivity index (χ0) is 18.1. The number of rotatable bonds is 3. The smallest absolute Gasteiger partial charge is 0.133 e. The number of fused-ring (bicyclic) bond motifs is 1. The highest BCUT2D eigenvalue weighted by molar-refractivity contribution is 6.34. The molecule has 2 heterocycles. The lowest BCUT2D eigenvalue weighted by atomic mass is 10.0. The largest absolute Gasteiger partial charge is 0.497 e. The molecule has 26 heavy (non-hydrogen) atoms. The first-order valence-corrected chi connectivity index (χ1v) is 9.38. The van der Waals surface area contributed by atoms with E-state index in [-0.39, 0.29) is 0 Å². The van der Waals surface area contributed by atoms with Crippen molar-refractivity contribution in [2.75, 3.05) is 19.0 Å². The van der Waals surface area contributed by atoms with Crippen molar-refractivity contribution in [3.8, 4) is 22.7 Å². The minimum Gasteiger partial charge on any atom is -0.497 e. The lowest BCUT2D eigenvalue weighted by molar-refractivity contribution is 0.415. The molecule has 134 valence electrons. The summed E-state index contributed by atoms with van der Waals surface area (Å²) in [7, 11) is 1.67. The fraction of sp³-hybridized carbons (Fsp3) is 0.250. The van der Waals surface area contributed by atoms with Gasteiger partial charge in [-0.3, -0.25) is 0 Å². The predicted molar refractivity (Wildman–Crippen MR) is 107 cm³/mol. The number of nitrogens with one attached hydrogen (secondary N) is 1. The molecule has 0 aliphatic carbocycles. The molecule has 4 rings (SSSR count). The molecule has 4 nitrogen and oxygen atoms in total. The van der Waals surface area contributed by atoms with E-state index in [0.717, 1.165) is 54.3 Å². The molecule has 6 heteroatoms. The van der Waals surface area contributed by atoms with Gasteiger partial charge in [0.25, 0.3) is 0 Å². The zero-order valence-electron chi connectivity index (χ0n) is 14.4. The molecular formula is C20H19Cl2N3O. The van der Waals surface area contributed by atoms with Gasteiger partial charge in [0, 0.05) is 27.7 Å². The van der Waals surface area contributed by atoms with Gasteiger partial charge in [0.15, 0.2) is 0 Å². The Bertz CT molecular complexity index is 915. The van der Waals surface area contributed by atoms with Crippen molar-refractivity contribution in [1.29, 1.82) is 0 Å². The first-order valence-electron chi connectivity index (χ1n) is 8.62. The minimum atomic E-state index is 0.594. The summed E-state index contributed by atoms with van der Waals surface area (Å²) in [5.41, 5.74) is 4.13. The Balaban J connectivity index is 1.88. The van der Waals surface area contributed by atoms with E-state index in [4.69, 9.17) is 33.0 Å². The first kappa shape index (κ1) is 17.3. The molecule has 0 saturated carbocycles. The van der Waals surface area contributed by atoms with E-state index < -0.39 is 0 Å². The van der Waals surface area contributed by atoms with Crippen LogP contribution in [0.4, 0.5) is 5.82 Å². The number of anilines is 1. The second kappa shape index (κ2) is 7.22. The molecule has 3 aromatic rings. The summed E-state index contributed by atoms with van der Waals surface area (Å²) in [6.45, 7) is 0.926. The molecule has 0 amide bonds. The van der Waals surface area contributed by atoms with Gasteiger partial charge in [-0.05, 0) is 61.7 Å². The Morgan fingerprint density at radius 3 is 2.46 bits per heavy atom. The number of methoxy groups -OCH3 is 1. The van der Waals surface area contributed by atoms with E-state index in [2.05, 4.69) is 5.32 Å². The monoisotopic (exact) mass is 387 g/mol. The van der Waals surface area contributed by atoms with Crippen LogP contribution in [-0.4, -0.2) is 23.4 Å². The summed E-state index contributed by atoms with van der Waals surface area (Å²) in [4.78, 5) is 0. The van der Waals surface area contributed by atoms with Crippen LogP contribution in [0.15, 0.2) is 42.5 Å². The standard InChI is InChI=1S/C20H19Cl2N3O/c1-26-17-7-5-13(6-8-17)19-18-4-2-3-9-23-20(18)25(24-19)16-11-14(21)10-15(22)12-16/h5-8,10-12,23H,2-4,9H2,1H3. The van der Waals surface area contributed by atoms with E-state index in [9.17, 15) is 0 Å². The molecule has 0 fully saturated rings. The maximum Gasteiger partial charge on any atom is 0.133 e. The fourth-order valence-corrected chi connectivity index (χ4v) is 3.85. The SMILES string of the molecule is COc1ccc(-c2nn(-c3cc(Cl)cc(Cl)c3)c3c2CCCCN3)cc1. The molecule has 0 atom stereocenters. The highest BCUT2D eigenvalue weighted by Gasteiger charge is 2.22. The Morgan fingerprint density at radius 1 is 1.04 bits per heavy atom. The van der Waals surface area contributed by atoms with Crippen LogP contribution in [0, 0.1) is 0 Å². The van der Waals surface area contributed by atoms with Gasteiger partial charge in [-0.2, -0.15) is 5.10 Å². The third-order valence-electron chi connectivity index (χ3n) is 4.58. The molecule has 1 N–H and O–H groups in total.